The minimum Gasteiger partial charge on any atom is -0.497 e. The van der Waals surface area contributed by atoms with E-state index in [2.05, 4.69) is 17.1 Å². The number of aryl methyl sites for hydroxylation is 1. The molecular weight excluding hydrogens is 508 g/mol. The number of ether oxygens (including phenoxy) is 2. The summed E-state index contributed by atoms with van der Waals surface area (Å²) in [7, 11) is 1.64. The number of piperidine rings is 1. The summed E-state index contributed by atoms with van der Waals surface area (Å²) in [6.07, 6.45) is 5.32. The van der Waals surface area contributed by atoms with Gasteiger partial charge in [0.2, 0.25) is 0 Å². The summed E-state index contributed by atoms with van der Waals surface area (Å²) in [6, 6.07) is 11.7. The van der Waals surface area contributed by atoms with Crippen molar-refractivity contribution in [3.8, 4) is 16.9 Å². The number of hydrogen-bond donors (Lipinski definition) is 1. The number of carbonyl (C=O) groups excluding carboxylic acids is 2. The molecule has 10 nitrogen and oxygen atoms in total. The lowest BCUT2D eigenvalue weighted by Crippen LogP contribution is -2.55. The van der Waals surface area contributed by atoms with E-state index in [1.165, 1.54) is 0 Å². The van der Waals surface area contributed by atoms with Crippen LogP contribution in [0.15, 0.2) is 48.8 Å². The van der Waals surface area contributed by atoms with Gasteiger partial charge in [-0.15, -0.1) is 0 Å². The van der Waals surface area contributed by atoms with Gasteiger partial charge in [-0.2, -0.15) is 5.10 Å². The zero-order valence-corrected chi connectivity index (χ0v) is 23.9. The van der Waals surface area contributed by atoms with E-state index in [1.807, 2.05) is 68.3 Å². The maximum absolute atomic E-state index is 14.1. The Morgan fingerprint density at radius 1 is 1.15 bits per heavy atom. The predicted octanol–water partition coefficient (Wildman–Crippen LogP) is 5.25. The number of anilines is 1. The second-order valence-corrected chi connectivity index (χ2v) is 11.5. The van der Waals surface area contributed by atoms with Crippen molar-refractivity contribution >= 4 is 17.9 Å². The van der Waals surface area contributed by atoms with E-state index < -0.39 is 11.1 Å². The van der Waals surface area contributed by atoms with Crippen LogP contribution in [0.2, 0.25) is 0 Å². The average Bonchev–Trinajstić information content (AvgIpc) is 3.56. The topological polar surface area (TPSA) is 104 Å². The highest BCUT2D eigenvalue weighted by Gasteiger charge is 2.52. The molecule has 3 amide bonds. The first-order valence-electron chi connectivity index (χ1n) is 13.8. The maximum Gasteiger partial charge on any atom is 0.410 e. The number of methoxy groups -OCH3 is 1. The molecule has 0 atom stereocenters. The van der Waals surface area contributed by atoms with Crippen LogP contribution in [0.25, 0.3) is 11.1 Å². The first-order chi connectivity index (χ1) is 19.1. The highest BCUT2D eigenvalue weighted by Crippen LogP contribution is 2.40. The lowest BCUT2D eigenvalue weighted by atomic mass is 9.86. The number of benzene rings is 1. The summed E-state index contributed by atoms with van der Waals surface area (Å²) in [5, 5.41) is 6.93. The number of carbonyl (C=O) groups is 2. The molecule has 0 bridgehead atoms. The number of rotatable bonds is 6. The molecule has 1 N–H and O–H groups in total. The fraction of sp³-hybridized carbons (Fsp3) is 0.467. The quantitative estimate of drug-likeness (QED) is 0.453. The standard InChI is InChI=1S/C30H38N6O4/c1-6-25-24(22-17-31-32-18-22)10-11-26(33-25)35-20-30(12-14-34(15-13-30)28(38)40-29(2,3)4)36(27(35)37)19-21-8-7-9-23(16-21)39-5/h7-11,16-18H,6,12-15,19-20H2,1-5H3,(H,31,32). The minimum atomic E-state index is -0.560. The number of amides is 3. The summed E-state index contributed by atoms with van der Waals surface area (Å²) in [5.74, 6) is 1.38. The summed E-state index contributed by atoms with van der Waals surface area (Å²) in [6.45, 7) is 9.63. The van der Waals surface area contributed by atoms with Gasteiger partial charge < -0.3 is 19.3 Å². The summed E-state index contributed by atoms with van der Waals surface area (Å²) >= 11 is 0. The van der Waals surface area contributed by atoms with Crippen LogP contribution in [-0.2, 0) is 17.7 Å². The monoisotopic (exact) mass is 546 g/mol. The zero-order chi connectivity index (χ0) is 28.5. The Kier molecular flexibility index (Phi) is 7.44. The van der Waals surface area contributed by atoms with Crippen molar-refractivity contribution in [2.45, 2.75) is 64.6 Å². The van der Waals surface area contributed by atoms with Crippen LogP contribution in [0, 0.1) is 0 Å². The van der Waals surface area contributed by atoms with E-state index in [-0.39, 0.29) is 12.1 Å². The molecule has 1 spiro atoms. The van der Waals surface area contributed by atoms with E-state index >= 15 is 0 Å². The van der Waals surface area contributed by atoms with Gasteiger partial charge in [-0.3, -0.25) is 10.00 Å². The molecule has 2 aliphatic heterocycles. The molecule has 0 saturated carbocycles. The van der Waals surface area contributed by atoms with Gasteiger partial charge in [0.1, 0.15) is 17.2 Å². The number of pyridine rings is 1. The smallest absolute Gasteiger partial charge is 0.410 e. The second kappa shape index (κ2) is 10.8. The van der Waals surface area contributed by atoms with Crippen LogP contribution in [0.4, 0.5) is 15.4 Å². The van der Waals surface area contributed by atoms with Gasteiger partial charge in [0.05, 0.1) is 31.1 Å². The van der Waals surface area contributed by atoms with Gasteiger partial charge in [0, 0.05) is 37.0 Å². The van der Waals surface area contributed by atoms with E-state index in [4.69, 9.17) is 14.5 Å². The SMILES string of the molecule is CCc1nc(N2CC3(CCN(C(=O)OC(C)(C)C)CC3)N(Cc3cccc(OC)c3)C2=O)ccc1-c1cn[nH]c1. The molecule has 2 aliphatic rings. The van der Waals surface area contributed by atoms with Crippen LogP contribution < -0.4 is 9.64 Å². The molecule has 4 heterocycles. The van der Waals surface area contributed by atoms with Crippen molar-refractivity contribution in [3.05, 3.63) is 60.0 Å². The average molecular weight is 547 g/mol. The molecule has 0 aliphatic carbocycles. The number of H-pyrrole nitrogens is 1. The molecule has 1 aromatic carbocycles. The van der Waals surface area contributed by atoms with Gasteiger partial charge in [0.25, 0.3) is 0 Å². The van der Waals surface area contributed by atoms with Crippen molar-refractivity contribution < 1.29 is 19.1 Å². The Balaban J connectivity index is 1.44. The fourth-order valence-corrected chi connectivity index (χ4v) is 5.59. The normalized spacial score (nSPS) is 17.0. The predicted molar refractivity (Wildman–Crippen MR) is 152 cm³/mol. The lowest BCUT2D eigenvalue weighted by Gasteiger charge is -2.43. The number of urea groups is 1. The van der Waals surface area contributed by atoms with E-state index in [0.29, 0.717) is 44.8 Å². The molecule has 0 unspecified atom stereocenters. The molecule has 2 saturated heterocycles. The maximum atomic E-state index is 14.1. The minimum absolute atomic E-state index is 0.0841. The highest BCUT2D eigenvalue weighted by molar-refractivity contribution is 5.95. The van der Waals surface area contributed by atoms with Crippen molar-refractivity contribution in [3.63, 3.8) is 0 Å². The van der Waals surface area contributed by atoms with Gasteiger partial charge in [-0.05, 0) is 69.9 Å². The number of aromatic nitrogens is 3. The second-order valence-electron chi connectivity index (χ2n) is 11.5. The first-order valence-corrected chi connectivity index (χ1v) is 13.8. The number of nitrogens with zero attached hydrogens (tertiary/aromatic N) is 5. The molecule has 10 heteroatoms. The van der Waals surface area contributed by atoms with Crippen LogP contribution in [0.5, 0.6) is 5.75 Å². The summed E-state index contributed by atoms with van der Waals surface area (Å²) in [5.41, 5.74) is 2.86. The third-order valence-electron chi connectivity index (χ3n) is 7.69. The molecule has 3 aromatic rings. The molecule has 40 heavy (non-hydrogen) atoms. The van der Waals surface area contributed by atoms with Crippen LogP contribution in [-0.4, -0.2) is 75.0 Å². The molecule has 5 rings (SSSR count). The third-order valence-corrected chi connectivity index (χ3v) is 7.69. The molecule has 2 aromatic heterocycles. The van der Waals surface area contributed by atoms with Crippen LogP contribution in [0.1, 0.15) is 51.8 Å². The van der Waals surface area contributed by atoms with Gasteiger partial charge in [-0.25, -0.2) is 14.6 Å². The van der Waals surface area contributed by atoms with Gasteiger partial charge in [-0.1, -0.05) is 19.1 Å². The Bertz CT molecular complexity index is 1360. The molecule has 212 valence electrons. The van der Waals surface area contributed by atoms with E-state index in [0.717, 1.165) is 34.6 Å². The van der Waals surface area contributed by atoms with E-state index in [1.54, 1.807) is 23.1 Å². The molecular formula is C30H38N6O4. The number of hydrogen-bond acceptors (Lipinski definition) is 6. The summed E-state index contributed by atoms with van der Waals surface area (Å²) in [4.78, 5) is 37.4. The fourth-order valence-electron chi connectivity index (χ4n) is 5.59. The number of aromatic amines is 1. The third kappa shape index (κ3) is 5.48. The Hall–Kier alpha value is -4.08. The zero-order valence-electron chi connectivity index (χ0n) is 23.9. The van der Waals surface area contributed by atoms with Gasteiger partial charge in [0.15, 0.2) is 0 Å². The van der Waals surface area contributed by atoms with Crippen molar-refractivity contribution in [2.24, 2.45) is 0 Å². The molecule has 2 fully saturated rings. The van der Waals surface area contributed by atoms with Crippen LogP contribution >= 0.6 is 0 Å². The summed E-state index contributed by atoms with van der Waals surface area (Å²) < 4.78 is 11.1. The largest absolute Gasteiger partial charge is 0.497 e. The number of likely N-dealkylation sites (tertiary alicyclic amines) is 1. The van der Waals surface area contributed by atoms with Crippen molar-refractivity contribution in [1.29, 1.82) is 0 Å². The lowest BCUT2D eigenvalue weighted by molar-refractivity contribution is 0.00785. The Morgan fingerprint density at radius 3 is 2.58 bits per heavy atom. The Morgan fingerprint density at radius 2 is 1.93 bits per heavy atom. The van der Waals surface area contributed by atoms with Crippen molar-refractivity contribution in [1.82, 2.24) is 25.0 Å². The van der Waals surface area contributed by atoms with E-state index in [9.17, 15) is 9.59 Å². The highest BCUT2D eigenvalue weighted by atomic mass is 16.6. The van der Waals surface area contributed by atoms with Crippen LogP contribution in [0.3, 0.4) is 0 Å². The van der Waals surface area contributed by atoms with Crippen molar-refractivity contribution in [2.75, 3.05) is 31.6 Å². The van der Waals surface area contributed by atoms with Gasteiger partial charge >= 0.3 is 12.1 Å². The Labute approximate surface area is 235 Å². The number of nitrogens with one attached hydrogen (secondary N) is 1. The molecule has 0 radical (unpaired) electrons. The first kappa shape index (κ1) is 27.5.